The van der Waals surface area contributed by atoms with Crippen LogP contribution in [0.5, 0.6) is 0 Å². The van der Waals surface area contributed by atoms with Crippen LogP contribution in [-0.4, -0.2) is 58.3 Å². The summed E-state index contributed by atoms with van der Waals surface area (Å²) in [7, 11) is 4.27. The summed E-state index contributed by atoms with van der Waals surface area (Å²) in [6.45, 7) is 1.97. The third-order valence-electron chi connectivity index (χ3n) is 3.76. The van der Waals surface area contributed by atoms with Gasteiger partial charge in [-0.15, -0.1) is 0 Å². The van der Waals surface area contributed by atoms with Gasteiger partial charge >= 0.3 is 0 Å². The van der Waals surface area contributed by atoms with Gasteiger partial charge in [0, 0.05) is 19.1 Å². The standard InChI is InChI=1S/C12H17ClN6/c1-18(2)8-3-5-19(6-4-8)11-9-7-14-17-10(9)15-12(13)16-11/h7-8H,3-6H2,1-2H3,(H,14,15,16,17). The Balaban J connectivity index is 1.87. The van der Waals surface area contributed by atoms with E-state index in [4.69, 9.17) is 11.6 Å². The fourth-order valence-corrected chi connectivity index (χ4v) is 2.79. The van der Waals surface area contributed by atoms with Crippen LogP contribution < -0.4 is 4.90 Å². The number of nitrogens with one attached hydrogen (secondary N) is 1. The second kappa shape index (κ2) is 4.94. The number of halogens is 1. The molecule has 0 aromatic carbocycles. The molecular weight excluding hydrogens is 264 g/mol. The lowest BCUT2D eigenvalue weighted by Gasteiger charge is -2.35. The maximum absolute atomic E-state index is 5.97. The monoisotopic (exact) mass is 280 g/mol. The molecule has 2 aromatic heterocycles. The summed E-state index contributed by atoms with van der Waals surface area (Å²) in [5.74, 6) is 0.890. The van der Waals surface area contributed by atoms with Crippen LogP contribution in [0.25, 0.3) is 11.0 Å². The minimum Gasteiger partial charge on any atom is -0.356 e. The predicted octanol–water partition coefficient (Wildman–Crippen LogP) is 1.54. The molecule has 2 aromatic rings. The Morgan fingerprint density at radius 3 is 2.74 bits per heavy atom. The Morgan fingerprint density at radius 2 is 2.05 bits per heavy atom. The number of piperidine rings is 1. The van der Waals surface area contributed by atoms with Crippen molar-refractivity contribution in [2.24, 2.45) is 0 Å². The SMILES string of the molecule is CN(C)C1CCN(c2nc(Cl)nc3[nH]ncc23)CC1. The van der Waals surface area contributed by atoms with Crippen molar-refractivity contribution in [1.29, 1.82) is 0 Å². The van der Waals surface area contributed by atoms with Crippen molar-refractivity contribution in [3.8, 4) is 0 Å². The lowest BCUT2D eigenvalue weighted by Crippen LogP contribution is -2.42. The van der Waals surface area contributed by atoms with E-state index in [9.17, 15) is 0 Å². The summed E-state index contributed by atoms with van der Waals surface area (Å²) >= 11 is 5.97. The normalized spacial score (nSPS) is 17.6. The van der Waals surface area contributed by atoms with Crippen LogP contribution in [0.4, 0.5) is 5.82 Å². The van der Waals surface area contributed by atoms with Crippen LogP contribution in [0.1, 0.15) is 12.8 Å². The third kappa shape index (κ3) is 2.37. The molecule has 0 radical (unpaired) electrons. The van der Waals surface area contributed by atoms with E-state index in [1.807, 2.05) is 0 Å². The van der Waals surface area contributed by atoms with Crippen LogP contribution in [0.3, 0.4) is 0 Å². The number of rotatable bonds is 2. The maximum Gasteiger partial charge on any atom is 0.226 e. The number of anilines is 1. The van der Waals surface area contributed by atoms with Crippen LogP contribution in [-0.2, 0) is 0 Å². The van der Waals surface area contributed by atoms with E-state index in [-0.39, 0.29) is 5.28 Å². The number of aromatic amines is 1. The van der Waals surface area contributed by atoms with Crippen molar-refractivity contribution >= 4 is 28.5 Å². The molecule has 0 aliphatic carbocycles. The lowest BCUT2D eigenvalue weighted by atomic mass is 10.0. The summed E-state index contributed by atoms with van der Waals surface area (Å²) in [5.41, 5.74) is 0.699. The molecule has 7 heteroatoms. The third-order valence-corrected chi connectivity index (χ3v) is 3.93. The molecule has 0 saturated carbocycles. The molecule has 0 atom stereocenters. The second-order valence-corrected chi connectivity index (χ2v) is 5.47. The van der Waals surface area contributed by atoms with Gasteiger partial charge in [0.25, 0.3) is 0 Å². The highest BCUT2D eigenvalue weighted by molar-refractivity contribution is 6.28. The molecule has 0 spiro atoms. The first kappa shape index (κ1) is 12.6. The van der Waals surface area contributed by atoms with Gasteiger partial charge < -0.3 is 9.80 Å². The van der Waals surface area contributed by atoms with Gasteiger partial charge in [-0.05, 0) is 38.5 Å². The molecule has 3 heterocycles. The Labute approximate surface area is 116 Å². The molecule has 3 rings (SSSR count). The molecule has 19 heavy (non-hydrogen) atoms. The zero-order chi connectivity index (χ0) is 13.4. The van der Waals surface area contributed by atoms with Crippen molar-refractivity contribution < 1.29 is 0 Å². The molecule has 1 aliphatic heterocycles. The van der Waals surface area contributed by atoms with Gasteiger partial charge in [-0.1, -0.05) is 0 Å². The average molecular weight is 281 g/mol. The summed E-state index contributed by atoms with van der Waals surface area (Å²) < 4.78 is 0. The van der Waals surface area contributed by atoms with Gasteiger partial charge in [0.2, 0.25) is 5.28 Å². The highest BCUT2D eigenvalue weighted by Crippen LogP contribution is 2.27. The van der Waals surface area contributed by atoms with Crippen molar-refractivity contribution in [3.05, 3.63) is 11.5 Å². The Hall–Kier alpha value is -1.40. The largest absolute Gasteiger partial charge is 0.356 e. The molecular formula is C12H17ClN6. The second-order valence-electron chi connectivity index (χ2n) is 5.13. The molecule has 0 unspecified atom stereocenters. The van der Waals surface area contributed by atoms with Gasteiger partial charge in [-0.3, -0.25) is 5.10 Å². The van der Waals surface area contributed by atoms with Gasteiger partial charge in [0.1, 0.15) is 5.82 Å². The van der Waals surface area contributed by atoms with E-state index in [0.29, 0.717) is 11.7 Å². The van der Waals surface area contributed by atoms with Crippen LogP contribution in [0, 0.1) is 0 Å². The quantitative estimate of drug-likeness (QED) is 0.846. The highest BCUT2D eigenvalue weighted by atomic mass is 35.5. The van der Waals surface area contributed by atoms with Gasteiger partial charge in [-0.25, -0.2) is 0 Å². The van der Waals surface area contributed by atoms with Crippen LogP contribution in [0.15, 0.2) is 6.20 Å². The summed E-state index contributed by atoms with van der Waals surface area (Å²) in [6.07, 6.45) is 4.03. The first-order valence-corrected chi connectivity index (χ1v) is 6.81. The molecule has 1 saturated heterocycles. The van der Waals surface area contributed by atoms with E-state index in [1.54, 1.807) is 6.20 Å². The molecule has 1 fully saturated rings. The Bertz CT molecular complexity index is 573. The molecule has 0 amide bonds. The molecule has 102 valence electrons. The number of nitrogens with zero attached hydrogens (tertiary/aromatic N) is 5. The fraction of sp³-hybridized carbons (Fsp3) is 0.583. The number of hydrogen-bond donors (Lipinski definition) is 1. The zero-order valence-electron chi connectivity index (χ0n) is 11.1. The lowest BCUT2D eigenvalue weighted by molar-refractivity contribution is 0.249. The minimum atomic E-state index is 0.265. The van der Waals surface area contributed by atoms with Crippen molar-refractivity contribution in [3.63, 3.8) is 0 Å². The predicted molar refractivity (Wildman–Crippen MR) is 75.6 cm³/mol. The summed E-state index contributed by atoms with van der Waals surface area (Å²) in [5, 5.41) is 8.07. The van der Waals surface area contributed by atoms with Crippen molar-refractivity contribution in [2.45, 2.75) is 18.9 Å². The molecule has 1 N–H and O–H groups in total. The number of aromatic nitrogens is 4. The van der Waals surface area contributed by atoms with Crippen molar-refractivity contribution in [1.82, 2.24) is 25.1 Å². The van der Waals surface area contributed by atoms with E-state index in [0.717, 1.165) is 37.1 Å². The molecule has 6 nitrogen and oxygen atoms in total. The molecule has 0 bridgehead atoms. The first-order chi connectivity index (χ1) is 9.15. The average Bonchev–Trinajstić information content (AvgIpc) is 2.85. The van der Waals surface area contributed by atoms with Gasteiger partial charge in [-0.2, -0.15) is 15.1 Å². The van der Waals surface area contributed by atoms with Gasteiger partial charge in [0.15, 0.2) is 5.65 Å². The Kier molecular flexibility index (Phi) is 3.28. The van der Waals surface area contributed by atoms with E-state index >= 15 is 0 Å². The highest BCUT2D eigenvalue weighted by Gasteiger charge is 2.23. The Morgan fingerprint density at radius 1 is 1.32 bits per heavy atom. The minimum absolute atomic E-state index is 0.265. The summed E-state index contributed by atoms with van der Waals surface area (Å²) in [6, 6.07) is 0.647. The first-order valence-electron chi connectivity index (χ1n) is 6.43. The topological polar surface area (TPSA) is 60.9 Å². The van der Waals surface area contributed by atoms with Crippen LogP contribution in [0.2, 0.25) is 5.28 Å². The number of hydrogen-bond acceptors (Lipinski definition) is 5. The summed E-state index contributed by atoms with van der Waals surface area (Å²) in [4.78, 5) is 13.1. The van der Waals surface area contributed by atoms with Crippen molar-refractivity contribution in [2.75, 3.05) is 32.1 Å². The van der Waals surface area contributed by atoms with E-state index in [2.05, 4.69) is 44.1 Å². The number of fused-ring (bicyclic) bond motifs is 1. The van der Waals surface area contributed by atoms with Crippen LogP contribution >= 0.6 is 11.6 Å². The fourth-order valence-electron chi connectivity index (χ4n) is 2.63. The van der Waals surface area contributed by atoms with E-state index < -0.39 is 0 Å². The van der Waals surface area contributed by atoms with E-state index in [1.165, 1.54) is 0 Å². The van der Waals surface area contributed by atoms with Gasteiger partial charge in [0.05, 0.1) is 11.6 Å². The molecule has 1 aliphatic rings. The number of H-pyrrole nitrogens is 1. The maximum atomic E-state index is 5.97. The smallest absolute Gasteiger partial charge is 0.226 e. The zero-order valence-corrected chi connectivity index (χ0v) is 11.9.